The summed E-state index contributed by atoms with van der Waals surface area (Å²) in [6.45, 7) is 1.76. The van der Waals surface area contributed by atoms with Crippen molar-refractivity contribution in [3.8, 4) is 0 Å². The quantitative estimate of drug-likeness (QED) is 0.552. The van der Waals surface area contributed by atoms with Crippen LogP contribution >= 0.6 is 11.8 Å². The van der Waals surface area contributed by atoms with Crippen molar-refractivity contribution in [3.63, 3.8) is 0 Å². The van der Waals surface area contributed by atoms with Crippen molar-refractivity contribution < 1.29 is 14.3 Å². The third kappa shape index (κ3) is 1.56. The molecule has 1 aliphatic heterocycles. The zero-order valence-corrected chi connectivity index (χ0v) is 7.36. The summed E-state index contributed by atoms with van der Waals surface area (Å²) in [6.07, 6.45) is 0.310. The zero-order chi connectivity index (χ0) is 8.48. The number of carbonyl (C=O) groups excluding carboxylic acids is 2. The molecule has 11 heavy (non-hydrogen) atoms. The lowest BCUT2D eigenvalue weighted by atomic mass is 9.90. The second-order valence-electron chi connectivity index (χ2n) is 2.89. The molecule has 0 aromatic carbocycles. The third-order valence-corrected chi connectivity index (χ3v) is 3.01. The maximum Gasteiger partial charge on any atom is 0.312 e. The van der Waals surface area contributed by atoms with Gasteiger partial charge in [0.15, 0.2) is 5.12 Å². The lowest BCUT2D eigenvalue weighted by Gasteiger charge is -2.16. The Bertz CT molecular complexity index is 202. The summed E-state index contributed by atoms with van der Waals surface area (Å²) < 4.78 is 4.58. The number of rotatable bonds is 1. The molecule has 62 valence electrons. The van der Waals surface area contributed by atoms with E-state index in [-0.39, 0.29) is 11.1 Å². The van der Waals surface area contributed by atoms with Crippen LogP contribution in [0.3, 0.4) is 0 Å². The average Bonchev–Trinajstić information content (AvgIpc) is 2.31. The summed E-state index contributed by atoms with van der Waals surface area (Å²) in [5.41, 5.74) is -0.573. The first-order valence-electron chi connectivity index (χ1n) is 3.32. The van der Waals surface area contributed by atoms with Gasteiger partial charge in [-0.3, -0.25) is 9.59 Å². The molecule has 1 heterocycles. The summed E-state index contributed by atoms with van der Waals surface area (Å²) in [4.78, 5) is 21.9. The number of carbonyl (C=O) groups is 2. The van der Waals surface area contributed by atoms with Gasteiger partial charge in [0.2, 0.25) is 0 Å². The smallest absolute Gasteiger partial charge is 0.312 e. The Morgan fingerprint density at radius 3 is 2.73 bits per heavy atom. The molecule has 0 aromatic heterocycles. The second kappa shape index (κ2) is 2.85. The highest BCUT2D eigenvalue weighted by molar-refractivity contribution is 8.14. The van der Waals surface area contributed by atoms with Gasteiger partial charge >= 0.3 is 5.97 Å². The lowest BCUT2D eigenvalue weighted by molar-refractivity contribution is -0.151. The maximum atomic E-state index is 11.1. The van der Waals surface area contributed by atoms with E-state index < -0.39 is 5.41 Å². The summed E-state index contributed by atoms with van der Waals surface area (Å²) >= 11 is 1.21. The molecule has 0 aromatic rings. The summed E-state index contributed by atoms with van der Waals surface area (Å²) in [5, 5.41) is 0.0814. The second-order valence-corrected chi connectivity index (χ2v) is 3.92. The van der Waals surface area contributed by atoms with Crippen LogP contribution in [0.4, 0.5) is 0 Å². The van der Waals surface area contributed by atoms with Gasteiger partial charge in [-0.05, 0) is 6.92 Å². The van der Waals surface area contributed by atoms with E-state index in [4.69, 9.17) is 0 Å². The van der Waals surface area contributed by atoms with Crippen LogP contribution in [-0.2, 0) is 14.3 Å². The number of hydrogen-bond acceptors (Lipinski definition) is 4. The molecule has 0 N–H and O–H groups in total. The number of thioether (sulfide) groups is 1. The van der Waals surface area contributed by atoms with Gasteiger partial charge in [-0.1, -0.05) is 11.8 Å². The number of hydrogen-bond donors (Lipinski definition) is 0. The molecule has 0 bridgehead atoms. The fourth-order valence-electron chi connectivity index (χ4n) is 1.04. The van der Waals surface area contributed by atoms with E-state index in [0.717, 1.165) is 0 Å². The Kier molecular flexibility index (Phi) is 2.23. The minimum Gasteiger partial charge on any atom is -0.469 e. The minimum atomic E-state index is -0.573. The van der Waals surface area contributed by atoms with Crippen molar-refractivity contribution in [2.75, 3.05) is 12.9 Å². The third-order valence-electron chi connectivity index (χ3n) is 1.76. The van der Waals surface area contributed by atoms with Gasteiger partial charge < -0.3 is 4.74 Å². The summed E-state index contributed by atoms with van der Waals surface area (Å²) in [5.74, 6) is 0.272. The van der Waals surface area contributed by atoms with Crippen molar-refractivity contribution in [1.82, 2.24) is 0 Å². The standard InChI is InChI=1S/C7H10O3S/c1-7(6(9)10-2)3-5(8)11-4-7/h3-4H2,1-2H3. The minimum absolute atomic E-state index is 0.0814. The molecule has 1 saturated heterocycles. The van der Waals surface area contributed by atoms with E-state index in [0.29, 0.717) is 12.2 Å². The van der Waals surface area contributed by atoms with E-state index >= 15 is 0 Å². The highest BCUT2D eigenvalue weighted by atomic mass is 32.2. The van der Waals surface area contributed by atoms with Gasteiger partial charge in [0, 0.05) is 12.2 Å². The fourth-order valence-corrected chi connectivity index (χ4v) is 2.16. The van der Waals surface area contributed by atoms with Crippen LogP contribution in [0.15, 0.2) is 0 Å². The normalized spacial score (nSPS) is 30.5. The van der Waals surface area contributed by atoms with Crippen LogP contribution in [0.1, 0.15) is 13.3 Å². The summed E-state index contributed by atoms with van der Waals surface area (Å²) in [7, 11) is 1.35. The first-order chi connectivity index (χ1) is 5.08. The highest BCUT2D eigenvalue weighted by Crippen LogP contribution is 2.37. The van der Waals surface area contributed by atoms with Crippen molar-refractivity contribution in [3.05, 3.63) is 0 Å². The van der Waals surface area contributed by atoms with Gasteiger partial charge in [0.05, 0.1) is 12.5 Å². The van der Waals surface area contributed by atoms with Crippen LogP contribution in [-0.4, -0.2) is 23.9 Å². The molecule has 1 unspecified atom stereocenters. The van der Waals surface area contributed by atoms with Crippen LogP contribution in [0.25, 0.3) is 0 Å². The molecule has 0 spiro atoms. The summed E-state index contributed by atoms with van der Waals surface area (Å²) in [6, 6.07) is 0. The van der Waals surface area contributed by atoms with E-state index in [2.05, 4.69) is 4.74 Å². The van der Waals surface area contributed by atoms with Crippen LogP contribution in [0.2, 0.25) is 0 Å². The molecule has 4 heteroatoms. The van der Waals surface area contributed by atoms with Crippen LogP contribution < -0.4 is 0 Å². The van der Waals surface area contributed by atoms with E-state index in [1.807, 2.05) is 0 Å². The topological polar surface area (TPSA) is 43.4 Å². The predicted octanol–water partition coefficient (Wildman–Crippen LogP) is 0.829. The van der Waals surface area contributed by atoms with Gasteiger partial charge in [-0.15, -0.1) is 0 Å². The van der Waals surface area contributed by atoms with Gasteiger partial charge in [-0.25, -0.2) is 0 Å². The molecule has 1 fully saturated rings. The molecular formula is C7H10O3S. The average molecular weight is 174 g/mol. The molecule has 0 aliphatic carbocycles. The fraction of sp³-hybridized carbons (Fsp3) is 0.714. The van der Waals surface area contributed by atoms with Gasteiger partial charge in [0.1, 0.15) is 0 Å². The lowest BCUT2D eigenvalue weighted by Crippen LogP contribution is -2.28. The maximum absolute atomic E-state index is 11.1. The predicted molar refractivity (Wildman–Crippen MR) is 42.2 cm³/mol. The SMILES string of the molecule is COC(=O)C1(C)CSC(=O)C1. The van der Waals surface area contributed by atoms with Crippen molar-refractivity contribution in [2.45, 2.75) is 13.3 Å². The number of esters is 1. The van der Waals surface area contributed by atoms with E-state index in [1.54, 1.807) is 6.92 Å². The highest BCUT2D eigenvalue weighted by Gasteiger charge is 2.42. The molecule has 0 saturated carbocycles. The number of ether oxygens (including phenoxy) is 1. The zero-order valence-electron chi connectivity index (χ0n) is 6.55. The van der Waals surface area contributed by atoms with Crippen molar-refractivity contribution >= 4 is 22.8 Å². The Labute approximate surface area is 69.5 Å². The largest absolute Gasteiger partial charge is 0.469 e. The Hall–Kier alpha value is -0.510. The molecule has 1 aliphatic rings. The van der Waals surface area contributed by atoms with Crippen molar-refractivity contribution in [1.29, 1.82) is 0 Å². The molecule has 3 nitrogen and oxygen atoms in total. The van der Waals surface area contributed by atoms with E-state index in [1.165, 1.54) is 18.9 Å². The molecule has 1 rings (SSSR count). The first-order valence-corrected chi connectivity index (χ1v) is 4.31. The molecular weight excluding hydrogens is 164 g/mol. The Balaban J connectivity index is 2.69. The van der Waals surface area contributed by atoms with Crippen molar-refractivity contribution in [2.24, 2.45) is 5.41 Å². The monoisotopic (exact) mass is 174 g/mol. The first kappa shape index (κ1) is 8.59. The molecule has 0 radical (unpaired) electrons. The van der Waals surface area contributed by atoms with Crippen LogP contribution in [0, 0.1) is 5.41 Å². The Morgan fingerprint density at radius 2 is 2.36 bits per heavy atom. The molecule has 0 amide bonds. The van der Waals surface area contributed by atoms with E-state index in [9.17, 15) is 9.59 Å². The van der Waals surface area contributed by atoms with Crippen LogP contribution in [0.5, 0.6) is 0 Å². The molecule has 1 atom stereocenters. The number of methoxy groups -OCH3 is 1. The van der Waals surface area contributed by atoms with Gasteiger partial charge in [-0.2, -0.15) is 0 Å². The van der Waals surface area contributed by atoms with Gasteiger partial charge in [0.25, 0.3) is 0 Å². The Morgan fingerprint density at radius 1 is 1.73 bits per heavy atom.